The summed E-state index contributed by atoms with van der Waals surface area (Å²) < 4.78 is 2.42. The summed E-state index contributed by atoms with van der Waals surface area (Å²) in [6.07, 6.45) is 0. The van der Waals surface area contributed by atoms with E-state index in [1.807, 2.05) is 60.7 Å². The molecule has 0 radical (unpaired) electrons. The number of hydrogen-bond donors (Lipinski definition) is 0. The predicted molar refractivity (Wildman–Crippen MR) is 212 cm³/mol. The zero-order chi connectivity index (χ0) is 34.4. The summed E-state index contributed by atoms with van der Waals surface area (Å²) in [5.41, 5.74) is 13.0. The fourth-order valence-electron chi connectivity index (χ4n) is 7.49. The first-order chi connectivity index (χ1) is 25.8. The van der Waals surface area contributed by atoms with E-state index in [0.717, 1.165) is 45.0 Å². The van der Waals surface area contributed by atoms with E-state index in [0.29, 0.717) is 17.5 Å². The van der Waals surface area contributed by atoms with Crippen molar-refractivity contribution < 1.29 is 0 Å². The molecule has 1 aliphatic rings. The molecule has 244 valence electrons. The number of para-hydroxylation sites is 4. The van der Waals surface area contributed by atoms with Crippen LogP contribution in [0.4, 0.5) is 17.1 Å². The van der Waals surface area contributed by atoms with Gasteiger partial charge >= 0.3 is 0 Å². The molecular formula is C47H31N5. The molecule has 0 fully saturated rings. The molecule has 2 aromatic heterocycles. The Morgan fingerprint density at radius 2 is 0.846 bits per heavy atom. The van der Waals surface area contributed by atoms with Crippen LogP contribution in [0.2, 0.25) is 0 Å². The lowest BCUT2D eigenvalue weighted by Crippen LogP contribution is -2.11. The summed E-state index contributed by atoms with van der Waals surface area (Å²) in [7, 11) is 0. The zero-order valence-corrected chi connectivity index (χ0v) is 28.1. The molecule has 0 aliphatic carbocycles. The molecule has 0 N–H and O–H groups in total. The highest BCUT2D eigenvalue weighted by atomic mass is 15.2. The summed E-state index contributed by atoms with van der Waals surface area (Å²) in [6, 6.07) is 65.7. The SMILES string of the molecule is c1ccc(-c2nc(-c3ccccc3)nc(-c3cccc(N4c5ccccc5-c5c(n(-c6ccccc6)c6ccccc56)-c5ccccc54)c3)n2)cc1. The predicted octanol–water partition coefficient (Wildman–Crippen LogP) is 11.9. The number of aromatic nitrogens is 4. The van der Waals surface area contributed by atoms with Crippen molar-refractivity contribution in [2.45, 2.75) is 0 Å². The smallest absolute Gasteiger partial charge is 0.164 e. The average molecular weight is 666 g/mol. The van der Waals surface area contributed by atoms with Crippen molar-refractivity contribution in [2.24, 2.45) is 0 Å². The summed E-state index contributed by atoms with van der Waals surface area (Å²) in [5.74, 6) is 1.90. The molecule has 5 nitrogen and oxygen atoms in total. The molecule has 9 aromatic rings. The van der Waals surface area contributed by atoms with E-state index in [9.17, 15) is 0 Å². The lowest BCUT2D eigenvalue weighted by atomic mass is 9.98. The number of benzene rings is 7. The Kier molecular flexibility index (Phi) is 7.07. The van der Waals surface area contributed by atoms with E-state index in [1.165, 1.54) is 27.7 Å². The van der Waals surface area contributed by atoms with Crippen molar-refractivity contribution in [3.8, 4) is 62.2 Å². The fourth-order valence-corrected chi connectivity index (χ4v) is 7.49. The maximum atomic E-state index is 5.05. The van der Waals surface area contributed by atoms with Gasteiger partial charge in [-0.25, -0.2) is 15.0 Å². The molecule has 52 heavy (non-hydrogen) atoms. The quantitative estimate of drug-likeness (QED) is 0.184. The van der Waals surface area contributed by atoms with Gasteiger partial charge in [0.1, 0.15) is 0 Å². The minimum Gasteiger partial charge on any atom is -0.309 e. The molecule has 5 heteroatoms. The first kappa shape index (κ1) is 29.8. The van der Waals surface area contributed by atoms with Gasteiger partial charge in [-0.05, 0) is 42.5 Å². The molecule has 1 aliphatic heterocycles. The fraction of sp³-hybridized carbons (Fsp3) is 0. The molecule has 7 aromatic carbocycles. The molecule has 0 unspecified atom stereocenters. The van der Waals surface area contributed by atoms with E-state index in [4.69, 9.17) is 15.0 Å². The highest BCUT2D eigenvalue weighted by Crippen LogP contribution is 2.54. The van der Waals surface area contributed by atoms with Crippen LogP contribution in [0.1, 0.15) is 0 Å². The number of hydrogen-bond acceptors (Lipinski definition) is 4. The molecule has 0 saturated carbocycles. The van der Waals surface area contributed by atoms with Crippen LogP contribution < -0.4 is 4.90 Å². The Bertz CT molecular complexity index is 2680. The zero-order valence-electron chi connectivity index (χ0n) is 28.1. The third-order valence-corrected chi connectivity index (χ3v) is 9.77. The van der Waals surface area contributed by atoms with Crippen molar-refractivity contribution in [3.63, 3.8) is 0 Å². The second-order valence-electron chi connectivity index (χ2n) is 12.9. The standard InChI is InChI=1S/C47H31N5/c1-4-17-32(18-5-1)45-48-46(33-19-6-2-7-20-33)50-47(49-45)34-21-16-24-36(31-34)51-40-28-13-10-25-37(40)43-38-26-11-14-29-41(38)52(35-22-8-3-9-23-35)44(43)39-27-12-15-30-42(39)51/h1-31H. The maximum absolute atomic E-state index is 5.05. The van der Waals surface area contributed by atoms with Crippen molar-refractivity contribution in [2.75, 3.05) is 4.90 Å². The summed E-state index contributed by atoms with van der Waals surface area (Å²) in [5, 5.41) is 1.21. The summed E-state index contributed by atoms with van der Waals surface area (Å²) in [4.78, 5) is 17.4. The highest BCUT2D eigenvalue weighted by molar-refractivity contribution is 6.13. The van der Waals surface area contributed by atoms with E-state index in [1.54, 1.807) is 0 Å². The van der Waals surface area contributed by atoms with Gasteiger partial charge in [-0.1, -0.05) is 146 Å². The normalized spacial score (nSPS) is 11.8. The molecular weight excluding hydrogens is 635 g/mol. The second-order valence-corrected chi connectivity index (χ2v) is 12.9. The van der Waals surface area contributed by atoms with Gasteiger partial charge in [0.05, 0.1) is 22.6 Å². The molecule has 10 rings (SSSR count). The lowest BCUT2D eigenvalue weighted by Gasteiger charge is -2.28. The molecule has 0 atom stereocenters. The molecule has 0 bridgehead atoms. The molecule has 0 amide bonds. The van der Waals surface area contributed by atoms with Crippen molar-refractivity contribution >= 4 is 28.0 Å². The Hall–Kier alpha value is -7.11. The van der Waals surface area contributed by atoms with Crippen LogP contribution in [0.5, 0.6) is 0 Å². The van der Waals surface area contributed by atoms with Crippen LogP contribution in [0.3, 0.4) is 0 Å². The first-order valence-corrected chi connectivity index (χ1v) is 17.5. The van der Waals surface area contributed by atoms with Crippen molar-refractivity contribution in [1.82, 2.24) is 19.5 Å². The van der Waals surface area contributed by atoms with Gasteiger partial charge in [0.2, 0.25) is 0 Å². The molecule has 3 heterocycles. The van der Waals surface area contributed by atoms with E-state index >= 15 is 0 Å². The third-order valence-electron chi connectivity index (χ3n) is 9.77. The number of fused-ring (bicyclic) bond motifs is 7. The highest BCUT2D eigenvalue weighted by Gasteiger charge is 2.31. The minimum atomic E-state index is 0.621. The summed E-state index contributed by atoms with van der Waals surface area (Å²) in [6.45, 7) is 0. The lowest BCUT2D eigenvalue weighted by molar-refractivity contribution is 1.07. The van der Waals surface area contributed by atoms with Gasteiger partial charge in [-0.3, -0.25) is 0 Å². The third kappa shape index (κ3) is 4.90. The number of anilines is 3. The van der Waals surface area contributed by atoms with Gasteiger partial charge in [0.25, 0.3) is 0 Å². The van der Waals surface area contributed by atoms with E-state index in [-0.39, 0.29) is 0 Å². The van der Waals surface area contributed by atoms with Crippen LogP contribution in [0, 0.1) is 0 Å². The number of nitrogens with zero attached hydrogens (tertiary/aromatic N) is 5. The molecule has 0 spiro atoms. The Morgan fingerprint density at radius 1 is 0.365 bits per heavy atom. The van der Waals surface area contributed by atoms with Crippen molar-refractivity contribution in [3.05, 3.63) is 188 Å². The average Bonchev–Trinajstić information content (AvgIpc) is 3.51. The van der Waals surface area contributed by atoms with Crippen LogP contribution in [0.25, 0.3) is 73.1 Å². The van der Waals surface area contributed by atoms with Gasteiger partial charge in [-0.15, -0.1) is 0 Å². The van der Waals surface area contributed by atoms with Gasteiger partial charge in [0.15, 0.2) is 17.5 Å². The van der Waals surface area contributed by atoms with Crippen LogP contribution >= 0.6 is 0 Å². The summed E-state index contributed by atoms with van der Waals surface area (Å²) >= 11 is 0. The van der Waals surface area contributed by atoms with Gasteiger partial charge in [-0.2, -0.15) is 0 Å². The van der Waals surface area contributed by atoms with Crippen molar-refractivity contribution in [1.29, 1.82) is 0 Å². The van der Waals surface area contributed by atoms with Gasteiger partial charge < -0.3 is 9.47 Å². The largest absolute Gasteiger partial charge is 0.309 e. The topological polar surface area (TPSA) is 46.8 Å². The van der Waals surface area contributed by atoms with E-state index < -0.39 is 0 Å². The van der Waals surface area contributed by atoms with Gasteiger partial charge in [0, 0.05) is 50.1 Å². The Balaban J connectivity index is 1.21. The Morgan fingerprint density at radius 3 is 1.52 bits per heavy atom. The van der Waals surface area contributed by atoms with E-state index in [2.05, 4.69) is 137 Å². The monoisotopic (exact) mass is 665 g/mol. The first-order valence-electron chi connectivity index (χ1n) is 17.5. The molecule has 0 saturated heterocycles. The van der Waals surface area contributed by atoms with Crippen LogP contribution in [0.15, 0.2) is 188 Å². The second kappa shape index (κ2) is 12.3. The number of rotatable bonds is 5. The van der Waals surface area contributed by atoms with Crippen LogP contribution in [-0.2, 0) is 0 Å². The maximum Gasteiger partial charge on any atom is 0.164 e. The van der Waals surface area contributed by atoms with Crippen LogP contribution in [-0.4, -0.2) is 19.5 Å². The minimum absolute atomic E-state index is 0.621. The Labute approximate surface area is 301 Å².